The van der Waals surface area contributed by atoms with Gasteiger partial charge in [-0.05, 0) is 165 Å². The van der Waals surface area contributed by atoms with Gasteiger partial charge in [0.25, 0.3) is 0 Å². The SMILES string of the molecule is C=CC(=O)N1CCN(c2nc(OC[C@@H]3CCCN3C)nc3c2C2(CC2)CN(c2cc(O)cc4ccccc24)C3)CC1.C=CC(=O)N1CCN(c2nc(OC[C@@H]3CCCN3C)nc3c2C2(CC2)CN(c2cccc4[nH]ncc24)C3)CC1.C=CC(=O)N1C[C@H](C)N(c2nc(=O)n(-c3c(F)ccnc3C(C)C)c3c2CCN(c2c(O)cccc2F)C3)C[C@H]1C. The Kier molecular flexibility index (Phi) is 22.7. The van der Waals surface area contributed by atoms with Gasteiger partial charge in [0.2, 0.25) is 17.7 Å². The lowest BCUT2D eigenvalue weighted by Gasteiger charge is -2.45. The topological polar surface area (TPSA) is 274 Å². The summed E-state index contributed by atoms with van der Waals surface area (Å²) < 4.78 is 44.4. The minimum Gasteiger partial charge on any atom is -0.508 e. The highest BCUT2D eigenvalue weighted by Gasteiger charge is 2.55. The van der Waals surface area contributed by atoms with Gasteiger partial charge in [-0.25, -0.2) is 13.6 Å². The Morgan fingerprint density at radius 2 is 1.18 bits per heavy atom. The lowest BCUT2D eigenvalue weighted by molar-refractivity contribution is -0.129. The minimum atomic E-state index is -0.684. The number of carbonyl (C=O) groups excluding carboxylic acids is 3. The Balaban J connectivity index is 0.000000129. The molecule has 28 nitrogen and oxygen atoms in total. The van der Waals surface area contributed by atoms with Crippen LogP contribution < -0.4 is 44.6 Å². The predicted octanol–water partition coefficient (Wildman–Crippen LogP) is 10.3. The highest BCUT2D eigenvalue weighted by Crippen LogP contribution is 2.58. The van der Waals surface area contributed by atoms with Crippen LogP contribution in [0.15, 0.2) is 134 Å². The van der Waals surface area contributed by atoms with Crippen molar-refractivity contribution in [2.75, 3.05) is 155 Å². The molecule has 0 bridgehead atoms. The number of likely N-dealkylation sites (N-methyl/N-ethyl adjacent to an activating group) is 2. The summed E-state index contributed by atoms with van der Waals surface area (Å²) in [5.41, 5.74) is 8.79. The van der Waals surface area contributed by atoms with Crippen LogP contribution in [0, 0.1) is 11.6 Å². The van der Waals surface area contributed by atoms with Gasteiger partial charge in [-0.1, -0.05) is 70.0 Å². The number of amides is 3. The number of nitrogens with one attached hydrogen (secondary N) is 1. The van der Waals surface area contributed by atoms with Crippen molar-refractivity contribution < 1.29 is 42.9 Å². The zero-order valence-corrected chi connectivity index (χ0v) is 70.0. The number of anilines is 6. The Bertz CT molecular complexity index is 5520. The molecule has 2 aliphatic carbocycles. The fourth-order valence-electron chi connectivity index (χ4n) is 19.6. The lowest BCUT2D eigenvalue weighted by atomic mass is 9.88. The maximum Gasteiger partial charge on any atom is 0.354 e. The molecule has 4 aromatic carbocycles. The summed E-state index contributed by atoms with van der Waals surface area (Å²) in [4.78, 5) is 103. The number of H-pyrrole nitrogens is 1. The molecule has 2 spiro atoms. The first-order valence-corrected chi connectivity index (χ1v) is 42.7. The number of pyridine rings is 1. The monoisotopic (exact) mass is 1650 g/mol. The number of aromatic hydroxyl groups is 2. The van der Waals surface area contributed by atoms with Crippen LogP contribution in [0.3, 0.4) is 0 Å². The second-order valence-electron chi connectivity index (χ2n) is 34.6. The number of phenolic OH excluding ortho intramolecular Hbond substituents is 2. The van der Waals surface area contributed by atoms with Crippen molar-refractivity contribution in [3.8, 4) is 29.2 Å². The Morgan fingerprint density at radius 3 is 1.74 bits per heavy atom. The number of benzene rings is 4. The van der Waals surface area contributed by atoms with E-state index in [2.05, 4.69) is 114 Å². The van der Waals surface area contributed by atoms with E-state index >= 15 is 4.39 Å². The molecule has 2 saturated carbocycles. The molecule has 0 unspecified atom stereocenters. The molecule has 19 rings (SSSR count). The molecule has 30 heteroatoms. The number of piperazine rings is 3. The van der Waals surface area contributed by atoms with Crippen LogP contribution in [0.2, 0.25) is 0 Å². The summed E-state index contributed by atoms with van der Waals surface area (Å²) in [7, 11) is 4.31. The smallest absolute Gasteiger partial charge is 0.354 e. The zero-order chi connectivity index (χ0) is 84.3. The molecular weight excluding hydrogens is 1540 g/mol. The van der Waals surface area contributed by atoms with E-state index in [0.29, 0.717) is 133 Å². The summed E-state index contributed by atoms with van der Waals surface area (Å²) in [6.45, 7) is 31.7. The van der Waals surface area contributed by atoms with E-state index in [-0.39, 0.29) is 76.0 Å². The lowest BCUT2D eigenvalue weighted by Crippen LogP contribution is -2.58. The van der Waals surface area contributed by atoms with Crippen LogP contribution in [-0.2, 0) is 51.3 Å². The van der Waals surface area contributed by atoms with Gasteiger partial charge in [0.15, 0.2) is 5.82 Å². The van der Waals surface area contributed by atoms with E-state index in [1.807, 2.05) is 72.9 Å². The molecule has 3 amide bonds. The molecule has 4 atom stereocenters. The average molecular weight is 1650 g/mol. The number of hydrogen-bond donors (Lipinski definition) is 3. The molecule has 3 N–H and O–H groups in total. The molecule has 5 saturated heterocycles. The van der Waals surface area contributed by atoms with Crippen molar-refractivity contribution in [1.29, 1.82) is 0 Å². The van der Waals surface area contributed by atoms with E-state index < -0.39 is 17.3 Å². The standard InChI is InChI=1S/C32H38N6O3.C30H34F2N6O3.C29H36N8O2/c1-3-28(40)36-13-15-37(16-14-36)30-29-26(33-31(34-30)41-20-23-8-6-12-35(23)2)19-38(21-32(29)10-11-32)27-18-24(39)17-22-7-4-5-9-25(22)27;1-6-25(40)36-14-19(5)37(15-18(36)4)29-20-11-13-35(27-21(31)8-7-9-24(27)39)16-23(20)38(30(41)34-29)28-22(32)10-12-33-26(28)17(2)3;1-3-25(38)35-12-14-36(15-13-35)27-26-23(31-28(32-27)39-18-20-6-5-11-34(20)2)17-37(19-29(26)9-10-29)24-8-4-7-22-21(24)16-30-33-22/h3-5,7,9,17-18,23,39H,1,6,8,10-16,19-21H2,2H3;6-10,12,17-19,39H,1,11,13-16H2,2-5H3;3-4,7-8,16,20H,1,5-6,9-15,17-19H2,2H3,(H,30,33)/t23-;18-,19+;20-/m010/s1. The first-order chi connectivity index (χ1) is 58.5. The second kappa shape index (κ2) is 33.7. The molecule has 7 fully saturated rings. The van der Waals surface area contributed by atoms with Crippen molar-refractivity contribution in [2.24, 2.45) is 0 Å². The molecule has 634 valence electrons. The third-order valence-electron chi connectivity index (χ3n) is 26.5. The van der Waals surface area contributed by atoms with Gasteiger partial charge in [-0.15, -0.1) is 0 Å². The normalized spacial score (nSPS) is 21.0. The van der Waals surface area contributed by atoms with Crippen molar-refractivity contribution in [3.63, 3.8) is 0 Å². The van der Waals surface area contributed by atoms with E-state index in [1.54, 1.807) is 9.80 Å². The second-order valence-corrected chi connectivity index (χ2v) is 34.6. The summed E-state index contributed by atoms with van der Waals surface area (Å²) in [6.07, 6.45) is 16.8. The largest absolute Gasteiger partial charge is 0.508 e. The molecular formula is C91H108F2N20O8. The Morgan fingerprint density at radius 1 is 0.603 bits per heavy atom. The van der Waals surface area contributed by atoms with E-state index in [9.17, 15) is 33.8 Å². The molecule has 13 heterocycles. The van der Waals surface area contributed by atoms with E-state index in [1.165, 1.54) is 82.9 Å². The van der Waals surface area contributed by atoms with E-state index in [0.717, 1.165) is 134 Å². The molecule has 9 aromatic rings. The van der Waals surface area contributed by atoms with Crippen LogP contribution in [0.5, 0.6) is 23.5 Å². The Labute approximate surface area is 703 Å². The summed E-state index contributed by atoms with van der Waals surface area (Å²) in [5.74, 6) is 0.874. The van der Waals surface area contributed by atoms with Crippen molar-refractivity contribution >= 4 is 73.9 Å². The summed E-state index contributed by atoms with van der Waals surface area (Å²) in [5, 5.41) is 31.8. The van der Waals surface area contributed by atoms with Crippen LogP contribution in [0.4, 0.5) is 43.3 Å². The first-order valence-electron chi connectivity index (χ1n) is 42.7. The maximum atomic E-state index is 15.5. The van der Waals surface area contributed by atoms with Gasteiger partial charge in [-0.3, -0.25) is 29.0 Å². The number of likely N-dealkylation sites (tertiary alicyclic amines) is 2. The number of phenols is 2. The number of halogens is 2. The zero-order valence-electron chi connectivity index (χ0n) is 70.0. The summed E-state index contributed by atoms with van der Waals surface area (Å²) in [6, 6.07) is 24.9. The number of fused-ring (bicyclic) bond motifs is 7. The number of aromatic nitrogens is 9. The number of nitrogens with zero attached hydrogens (tertiary/aromatic N) is 19. The number of ether oxygens (including phenoxy) is 2. The van der Waals surface area contributed by atoms with E-state index in [4.69, 9.17) is 29.4 Å². The van der Waals surface area contributed by atoms with Gasteiger partial charge in [0.1, 0.15) is 59.4 Å². The molecule has 5 aromatic heterocycles. The quantitative estimate of drug-likeness (QED) is 0.0715. The predicted molar refractivity (Wildman–Crippen MR) is 463 cm³/mol. The fraction of sp³-hybridized carbons (Fsp3) is 0.462. The highest BCUT2D eigenvalue weighted by molar-refractivity contribution is 5.96. The third-order valence-corrected chi connectivity index (χ3v) is 26.5. The fourth-order valence-corrected chi connectivity index (χ4v) is 19.6. The molecule has 121 heavy (non-hydrogen) atoms. The molecule has 10 aliphatic rings. The van der Waals surface area contributed by atoms with Gasteiger partial charge in [0, 0.05) is 171 Å². The van der Waals surface area contributed by atoms with Crippen molar-refractivity contribution in [1.82, 2.24) is 69.2 Å². The molecule has 0 radical (unpaired) electrons. The highest BCUT2D eigenvalue weighted by atomic mass is 19.1. The number of carbonyl (C=O) groups is 3. The minimum absolute atomic E-state index is 0.00759. The maximum absolute atomic E-state index is 15.5. The average Bonchev–Trinajstić information content (AvgIpc) is 1.58. The van der Waals surface area contributed by atoms with Gasteiger partial charge >= 0.3 is 17.7 Å². The first kappa shape index (κ1) is 81.6. The van der Waals surface area contributed by atoms with Crippen molar-refractivity contribution in [2.45, 2.75) is 146 Å². The Hall–Kier alpha value is -11.8. The van der Waals surface area contributed by atoms with Crippen molar-refractivity contribution in [3.05, 3.63) is 191 Å². The number of aromatic amines is 1. The van der Waals surface area contributed by atoms with Crippen LogP contribution >= 0.6 is 0 Å². The number of rotatable bonds is 17. The van der Waals surface area contributed by atoms with Crippen LogP contribution in [0.25, 0.3) is 27.4 Å². The third kappa shape index (κ3) is 16.0. The molecule has 8 aliphatic heterocycles. The number of para-hydroxylation sites is 1. The number of hydrogen-bond acceptors (Lipinski definition) is 23. The van der Waals surface area contributed by atoms with Crippen LogP contribution in [-0.4, -0.2) is 247 Å². The summed E-state index contributed by atoms with van der Waals surface area (Å²) >= 11 is 0. The van der Waals surface area contributed by atoms with Gasteiger partial charge in [-0.2, -0.15) is 30.0 Å². The van der Waals surface area contributed by atoms with Gasteiger partial charge < -0.3 is 73.6 Å². The van der Waals surface area contributed by atoms with Crippen LogP contribution in [0.1, 0.15) is 124 Å². The van der Waals surface area contributed by atoms with Gasteiger partial charge in [0.05, 0.1) is 54.1 Å².